The molecule has 1 aliphatic carbocycles. The van der Waals surface area contributed by atoms with Crippen LogP contribution in [0.3, 0.4) is 0 Å². The largest absolute Gasteiger partial charge is 0.505 e. The van der Waals surface area contributed by atoms with Gasteiger partial charge in [-0.15, -0.1) is 0 Å². The number of hydrogen-bond donors (Lipinski definition) is 4. The molecule has 3 rings (SSSR count). The lowest BCUT2D eigenvalue weighted by molar-refractivity contribution is -0.143. The topological polar surface area (TPSA) is 144 Å². The van der Waals surface area contributed by atoms with Crippen LogP contribution in [0.5, 0.6) is 0 Å². The summed E-state index contributed by atoms with van der Waals surface area (Å²) in [6.45, 7) is 12.1. The predicted octanol–water partition coefficient (Wildman–Crippen LogP) is 6.03. The highest BCUT2D eigenvalue weighted by atomic mass is 16.6. The Balaban J connectivity index is 1.53. The van der Waals surface area contributed by atoms with Crippen LogP contribution in [-0.4, -0.2) is 64.4 Å². The number of aliphatic hydroxyl groups excluding tert-OH is 1. The lowest BCUT2D eigenvalue weighted by Crippen LogP contribution is -2.58. The third-order valence-corrected chi connectivity index (χ3v) is 9.05. The standard InChI is InChI=1S/C33H53N5O5/c1-7-22-17-19-38(28(22)29(40)21(2)3)31(41)30(33(4,5)6)37-32(42)43-26-15-11-13-23(26)12-9-8-10-14-24-25(39)20-35-27(36-24)16-18-34/h16,18,20-23,26,28,30,34-35,39H,7-15,17,19H2,1-6H3,(H,37,42)/b27-16+,34-18?/t22-,23-,26?,28+,30?/m1/s1. The summed E-state index contributed by atoms with van der Waals surface area (Å²) < 4.78 is 5.94. The van der Waals surface area contributed by atoms with E-state index in [0.29, 0.717) is 24.5 Å². The molecular formula is C33H53N5O5. The Labute approximate surface area is 257 Å². The number of ether oxygens (including phenoxy) is 1. The molecule has 0 aromatic heterocycles. The number of amides is 2. The van der Waals surface area contributed by atoms with Crippen LogP contribution in [0.1, 0.15) is 106 Å². The number of alkyl carbamates (subject to hydrolysis) is 1. The van der Waals surface area contributed by atoms with Crippen LogP contribution in [0.25, 0.3) is 0 Å². The number of carbonyl (C=O) groups excluding carboxylic acids is 3. The highest BCUT2D eigenvalue weighted by Crippen LogP contribution is 2.34. The van der Waals surface area contributed by atoms with Gasteiger partial charge in [0.2, 0.25) is 5.91 Å². The van der Waals surface area contributed by atoms with Gasteiger partial charge < -0.3 is 30.8 Å². The number of allylic oxidation sites excluding steroid dienone is 2. The summed E-state index contributed by atoms with van der Waals surface area (Å²) in [6, 6.07) is -1.24. The smallest absolute Gasteiger partial charge is 0.408 e. The van der Waals surface area contributed by atoms with E-state index in [2.05, 4.69) is 22.5 Å². The summed E-state index contributed by atoms with van der Waals surface area (Å²) in [6.07, 6.45) is 12.3. The van der Waals surface area contributed by atoms with Crippen molar-refractivity contribution >= 4 is 29.7 Å². The summed E-state index contributed by atoms with van der Waals surface area (Å²) in [5.41, 5.74) is 0.0618. The van der Waals surface area contributed by atoms with E-state index >= 15 is 0 Å². The van der Waals surface area contributed by atoms with Crippen LogP contribution in [0.2, 0.25) is 0 Å². The second kappa shape index (κ2) is 15.5. The molecule has 0 bridgehead atoms. The quantitative estimate of drug-likeness (QED) is 0.150. The molecule has 4 N–H and O–H groups in total. The van der Waals surface area contributed by atoms with E-state index in [-0.39, 0.29) is 41.3 Å². The van der Waals surface area contributed by atoms with Gasteiger partial charge in [-0.25, -0.2) is 9.79 Å². The minimum atomic E-state index is -0.796. The zero-order chi connectivity index (χ0) is 31.7. The Morgan fingerprint density at radius 1 is 1.19 bits per heavy atom. The molecule has 10 nitrogen and oxygen atoms in total. The Bertz CT molecular complexity index is 1110. The SMILES string of the molecule is CC[C@@H]1CCN(C(=O)C(NC(=O)OC2CCC[C@H]2CCCCCC2=N/C(=C/C=N)NC=C2O)C(C)(C)C)[C@@H]1C(=O)C(C)C. The van der Waals surface area contributed by atoms with Crippen molar-refractivity contribution in [1.82, 2.24) is 15.5 Å². The number of rotatable bonds is 13. The molecule has 0 aromatic rings. The molecule has 3 aliphatic rings. The van der Waals surface area contributed by atoms with Crippen LogP contribution in [0, 0.1) is 28.6 Å². The number of aliphatic hydroxyl groups is 1. The maximum atomic E-state index is 13.9. The van der Waals surface area contributed by atoms with Gasteiger partial charge in [-0.3, -0.25) is 9.59 Å². The summed E-state index contributed by atoms with van der Waals surface area (Å²) in [4.78, 5) is 46.2. The summed E-state index contributed by atoms with van der Waals surface area (Å²) in [5.74, 6) is 0.798. The first kappa shape index (κ1) is 34.3. The van der Waals surface area contributed by atoms with E-state index in [1.807, 2.05) is 34.6 Å². The van der Waals surface area contributed by atoms with Gasteiger partial charge in [0.25, 0.3) is 0 Å². The molecule has 2 aliphatic heterocycles. The molecule has 2 heterocycles. The average Bonchev–Trinajstić information content (AvgIpc) is 3.58. The number of hydrogen-bond acceptors (Lipinski definition) is 8. The molecule has 1 saturated carbocycles. The van der Waals surface area contributed by atoms with E-state index in [0.717, 1.165) is 64.0 Å². The zero-order valence-corrected chi connectivity index (χ0v) is 26.9. The third-order valence-electron chi connectivity index (χ3n) is 9.05. The van der Waals surface area contributed by atoms with Crippen LogP contribution in [0.15, 0.2) is 28.8 Å². The number of nitrogens with one attached hydrogen (secondary N) is 3. The van der Waals surface area contributed by atoms with Crippen molar-refractivity contribution in [2.45, 2.75) is 124 Å². The molecule has 43 heavy (non-hydrogen) atoms. The number of unbranched alkanes of at least 4 members (excludes halogenated alkanes) is 2. The molecule has 0 spiro atoms. The van der Waals surface area contributed by atoms with Crippen molar-refractivity contribution in [1.29, 1.82) is 5.41 Å². The van der Waals surface area contributed by atoms with E-state index in [1.165, 1.54) is 12.3 Å². The second-order valence-electron chi connectivity index (χ2n) is 13.6. The molecule has 2 unspecified atom stereocenters. The lowest BCUT2D eigenvalue weighted by Gasteiger charge is -2.36. The first-order valence-corrected chi connectivity index (χ1v) is 16.1. The van der Waals surface area contributed by atoms with Crippen LogP contribution >= 0.6 is 0 Å². The number of carbonyl (C=O) groups is 3. The summed E-state index contributed by atoms with van der Waals surface area (Å²) >= 11 is 0. The van der Waals surface area contributed by atoms with Crippen molar-refractivity contribution in [3.63, 3.8) is 0 Å². The second-order valence-corrected chi connectivity index (χ2v) is 13.6. The number of likely N-dealkylation sites (tertiary alicyclic amines) is 1. The van der Waals surface area contributed by atoms with Gasteiger partial charge in [0.05, 0.1) is 11.8 Å². The molecule has 5 atom stereocenters. The van der Waals surface area contributed by atoms with Crippen molar-refractivity contribution in [3.05, 3.63) is 23.9 Å². The molecule has 0 aromatic carbocycles. The van der Waals surface area contributed by atoms with Crippen LogP contribution in [0.4, 0.5) is 4.79 Å². The maximum Gasteiger partial charge on any atom is 0.408 e. The molecule has 1 saturated heterocycles. The van der Waals surface area contributed by atoms with E-state index in [4.69, 9.17) is 10.1 Å². The molecule has 10 heteroatoms. The van der Waals surface area contributed by atoms with Gasteiger partial charge in [-0.05, 0) is 68.3 Å². The van der Waals surface area contributed by atoms with Crippen LogP contribution < -0.4 is 10.6 Å². The van der Waals surface area contributed by atoms with Gasteiger partial charge in [0, 0.05) is 24.9 Å². The van der Waals surface area contributed by atoms with Crippen molar-refractivity contribution in [2.75, 3.05) is 6.54 Å². The van der Waals surface area contributed by atoms with Crippen molar-refractivity contribution in [3.8, 4) is 0 Å². The fourth-order valence-electron chi connectivity index (χ4n) is 6.54. The molecule has 240 valence electrons. The Morgan fingerprint density at radius 2 is 1.93 bits per heavy atom. The fraction of sp³-hybridized carbons (Fsp3) is 0.727. The van der Waals surface area contributed by atoms with Crippen molar-refractivity contribution in [2.24, 2.45) is 28.2 Å². The minimum Gasteiger partial charge on any atom is -0.505 e. The normalized spacial score (nSPS) is 25.7. The van der Waals surface area contributed by atoms with E-state index < -0.39 is 23.6 Å². The third kappa shape index (κ3) is 9.16. The predicted molar refractivity (Wildman–Crippen MR) is 169 cm³/mol. The number of aliphatic imine (C=N–C) groups is 1. The van der Waals surface area contributed by atoms with Gasteiger partial charge in [0.15, 0.2) is 11.5 Å². The van der Waals surface area contributed by atoms with Gasteiger partial charge in [-0.1, -0.05) is 60.8 Å². The Kier molecular flexibility index (Phi) is 12.4. The number of nitrogens with zero attached hydrogens (tertiary/aromatic N) is 2. The van der Waals surface area contributed by atoms with E-state index in [9.17, 15) is 19.5 Å². The van der Waals surface area contributed by atoms with Crippen LogP contribution in [-0.2, 0) is 14.3 Å². The van der Waals surface area contributed by atoms with E-state index in [1.54, 1.807) is 4.90 Å². The zero-order valence-electron chi connectivity index (χ0n) is 26.9. The van der Waals surface area contributed by atoms with Gasteiger partial charge in [-0.2, -0.15) is 0 Å². The molecular weight excluding hydrogens is 546 g/mol. The summed E-state index contributed by atoms with van der Waals surface area (Å²) in [5, 5.41) is 23.0. The number of Topliss-reactive ketones (excluding diaryl/α,β-unsaturated/α-hetero) is 1. The monoisotopic (exact) mass is 599 g/mol. The van der Waals surface area contributed by atoms with Crippen molar-refractivity contribution < 1.29 is 24.2 Å². The summed E-state index contributed by atoms with van der Waals surface area (Å²) in [7, 11) is 0. The highest BCUT2D eigenvalue weighted by molar-refractivity contribution is 5.99. The van der Waals surface area contributed by atoms with Gasteiger partial charge >= 0.3 is 6.09 Å². The molecule has 0 radical (unpaired) electrons. The first-order valence-electron chi connectivity index (χ1n) is 16.1. The lowest BCUT2D eigenvalue weighted by atomic mass is 9.84. The highest BCUT2D eigenvalue weighted by Gasteiger charge is 2.46. The first-order chi connectivity index (χ1) is 20.4. The minimum absolute atomic E-state index is 0.0862. The molecule has 2 fully saturated rings. The average molecular weight is 600 g/mol. The number of ketones is 1. The Hall–Kier alpha value is -3.17. The fourth-order valence-corrected chi connectivity index (χ4v) is 6.54. The maximum absolute atomic E-state index is 13.9. The van der Waals surface area contributed by atoms with Gasteiger partial charge in [0.1, 0.15) is 18.0 Å². The molecule has 2 amide bonds. The Morgan fingerprint density at radius 3 is 2.58 bits per heavy atom.